The van der Waals surface area contributed by atoms with Gasteiger partial charge in [-0.25, -0.2) is 9.67 Å². The van der Waals surface area contributed by atoms with Crippen LogP contribution < -0.4 is 4.90 Å². The van der Waals surface area contributed by atoms with Gasteiger partial charge in [-0.15, -0.1) is 0 Å². The van der Waals surface area contributed by atoms with Gasteiger partial charge in [0.15, 0.2) is 10.8 Å². The van der Waals surface area contributed by atoms with Gasteiger partial charge in [0.2, 0.25) is 0 Å². The van der Waals surface area contributed by atoms with Gasteiger partial charge in [-0.3, -0.25) is 4.90 Å². The monoisotopic (exact) mass is 321 g/mol. The summed E-state index contributed by atoms with van der Waals surface area (Å²) in [5, 5.41) is 5.57. The van der Waals surface area contributed by atoms with Crippen LogP contribution >= 0.6 is 11.3 Å². The van der Waals surface area contributed by atoms with Crippen LogP contribution in [0.25, 0.3) is 10.3 Å². The Bertz CT molecular complexity index is 618. The molecule has 0 N–H and O–H groups in total. The lowest BCUT2D eigenvalue weighted by atomic mass is 10.2. The largest absolute Gasteiger partial charge is 0.377 e. The van der Waals surface area contributed by atoms with Crippen LogP contribution in [0, 0.1) is 6.92 Å². The van der Waals surface area contributed by atoms with Crippen molar-refractivity contribution in [1.82, 2.24) is 19.7 Å². The summed E-state index contributed by atoms with van der Waals surface area (Å²) in [5.74, 6) is 0. The molecule has 7 heteroatoms. The van der Waals surface area contributed by atoms with Crippen LogP contribution in [0.3, 0.4) is 0 Å². The van der Waals surface area contributed by atoms with E-state index in [0.29, 0.717) is 6.10 Å². The van der Waals surface area contributed by atoms with E-state index < -0.39 is 0 Å². The lowest BCUT2D eigenvalue weighted by Gasteiger charge is -2.35. The Morgan fingerprint density at radius 2 is 2.09 bits per heavy atom. The van der Waals surface area contributed by atoms with E-state index in [9.17, 15) is 0 Å². The Morgan fingerprint density at radius 1 is 1.27 bits per heavy atom. The third-order valence-corrected chi connectivity index (χ3v) is 5.88. The normalized spacial score (nSPS) is 23.7. The summed E-state index contributed by atoms with van der Waals surface area (Å²) in [4.78, 5) is 9.73. The molecule has 1 atom stereocenters. The van der Waals surface area contributed by atoms with Crippen LogP contribution in [-0.4, -0.2) is 65.1 Å². The second-order valence-corrected chi connectivity index (χ2v) is 7.26. The fourth-order valence-electron chi connectivity index (χ4n) is 3.41. The molecule has 4 heterocycles. The van der Waals surface area contributed by atoms with Gasteiger partial charge < -0.3 is 9.64 Å². The Labute approximate surface area is 134 Å². The van der Waals surface area contributed by atoms with Crippen LogP contribution in [0.4, 0.5) is 5.13 Å². The summed E-state index contributed by atoms with van der Waals surface area (Å²) >= 11 is 1.77. The zero-order chi connectivity index (χ0) is 15.1. The van der Waals surface area contributed by atoms with Gasteiger partial charge in [-0.2, -0.15) is 5.10 Å². The molecule has 2 aromatic rings. The minimum absolute atomic E-state index is 0.461. The van der Waals surface area contributed by atoms with E-state index in [1.807, 2.05) is 11.7 Å². The SMILES string of the molecule is Cc1nn(C)c2nc(N3CCN(C[C@H]4CCCO4)CC3)sc12. The fraction of sp³-hybridized carbons (Fsp3) is 0.733. The number of aromatic nitrogens is 3. The van der Waals surface area contributed by atoms with Gasteiger partial charge in [-0.1, -0.05) is 11.3 Å². The third-order valence-electron chi connectivity index (χ3n) is 4.66. The molecule has 4 rings (SSSR count). The van der Waals surface area contributed by atoms with Gasteiger partial charge in [0, 0.05) is 46.4 Å². The van der Waals surface area contributed by atoms with Crippen molar-refractivity contribution in [1.29, 1.82) is 0 Å². The standard InChI is InChI=1S/C15H23N5OS/c1-11-13-14(18(2)17-11)16-15(22-13)20-7-5-19(6-8-20)10-12-4-3-9-21-12/h12H,3-10H2,1-2H3/t12-/m1/s1. The highest BCUT2D eigenvalue weighted by molar-refractivity contribution is 7.22. The number of fused-ring (bicyclic) bond motifs is 1. The summed E-state index contributed by atoms with van der Waals surface area (Å²) in [6, 6.07) is 0. The Kier molecular flexibility index (Phi) is 3.79. The highest BCUT2D eigenvalue weighted by Crippen LogP contribution is 2.31. The average Bonchev–Trinajstić information content (AvgIpc) is 3.21. The number of aryl methyl sites for hydroxylation is 2. The van der Waals surface area contributed by atoms with E-state index >= 15 is 0 Å². The molecule has 0 amide bonds. The molecular formula is C15H23N5OS. The minimum Gasteiger partial charge on any atom is -0.377 e. The van der Waals surface area contributed by atoms with Gasteiger partial charge in [0.1, 0.15) is 0 Å². The lowest BCUT2D eigenvalue weighted by Crippen LogP contribution is -2.48. The average molecular weight is 321 g/mol. The van der Waals surface area contributed by atoms with Gasteiger partial charge in [-0.05, 0) is 19.8 Å². The highest BCUT2D eigenvalue weighted by atomic mass is 32.1. The minimum atomic E-state index is 0.461. The molecule has 2 aliphatic heterocycles. The van der Waals surface area contributed by atoms with Crippen molar-refractivity contribution < 1.29 is 4.74 Å². The predicted octanol–water partition coefficient (Wildman–Crippen LogP) is 1.64. The van der Waals surface area contributed by atoms with Crippen LogP contribution in [0.15, 0.2) is 0 Å². The molecule has 0 radical (unpaired) electrons. The third kappa shape index (κ3) is 2.61. The molecule has 2 fully saturated rings. The second kappa shape index (κ2) is 5.79. The number of ether oxygens (including phenoxy) is 1. The van der Waals surface area contributed by atoms with E-state index in [0.717, 1.165) is 55.8 Å². The fourth-order valence-corrected chi connectivity index (χ4v) is 4.49. The van der Waals surface area contributed by atoms with Crippen LogP contribution in [0.2, 0.25) is 0 Å². The van der Waals surface area contributed by atoms with Crippen molar-refractivity contribution in [3.05, 3.63) is 5.69 Å². The molecular weight excluding hydrogens is 298 g/mol. The molecule has 0 spiro atoms. The topological polar surface area (TPSA) is 46.4 Å². The van der Waals surface area contributed by atoms with Gasteiger partial charge in [0.25, 0.3) is 0 Å². The summed E-state index contributed by atoms with van der Waals surface area (Å²) in [5.41, 5.74) is 2.09. The van der Waals surface area contributed by atoms with Crippen molar-refractivity contribution >= 4 is 26.8 Å². The molecule has 120 valence electrons. The first kappa shape index (κ1) is 14.4. The van der Waals surface area contributed by atoms with E-state index in [4.69, 9.17) is 9.72 Å². The molecule has 0 aliphatic carbocycles. The smallest absolute Gasteiger partial charge is 0.188 e. The number of piperazine rings is 1. The Morgan fingerprint density at radius 3 is 2.77 bits per heavy atom. The number of rotatable bonds is 3. The van der Waals surface area contributed by atoms with Crippen LogP contribution in [0.1, 0.15) is 18.5 Å². The molecule has 2 saturated heterocycles. The summed E-state index contributed by atoms with van der Waals surface area (Å²) in [6.45, 7) is 8.42. The molecule has 22 heavy (non-hydrogen) atoms. The van der Waals surface area contributed by atoms with Crippen LogP contribution in [0.5, 0.6) is 0 Å². The summed E-state index contributed by atoms with van der Waals surface area (Å²) in [6.07, 6.45) is 2.91. The quantitative estimate of drug-likeness (QED) is 0.860. The van der Waals surface area contributed by atoms with E-state index in [1.54, 1.807) is 11.3 Å². The van der Waals surface area contributed by atoms with Gasteiger partial charge in [0.05, 0.1) is 16.5 Å². The van der Waals surface area contributed by atoms with Crippen molar-refractivity contribution in [2.75, 3.05) is 44.2 Å². The number of thiazole rings is 1. The lowest BCUT2D eigenvalue weighted by molar-refractivity contribution is 0.0713. The van der Waals surface area contributed by atoms with E-state index in [-0.39, 0.29) is 0 Å². The molecule has 0 bridgehead atoms. The first-order valence-electron chi connectivity index (χ1n) is 8.10. The number of nitrogens with zero attached hydrogens (tertiary/aromatic N) is 5. The van der Waals surface area contributed by atoms with Gasteiger partial charge >= 0.3 is 0 Å². The summed E-state index contributed by atoms with van der Waals surface area (Å²) in [7, 11) is 1.97. The maximum absolute atomic E-state index is 5.75. The summed E-state index contributed by atoms with van der Waals surface area (Å²) < 4.78 is 8.86. The first-order valence-corrected chi connectivity index (χ1v) is 8.91. The molecule has 0 saturated carbocycles. The first-order chi connectivity index (χ1) is 10.7. The molecule has 6 nitrogen and oxygen atoms in total. The van der Waals surface area contributed by atoms with Crippen molar-refractivity contribution in [3.63, 3.8) is 0 Å². The maximum atomic E-state index is 5.75. The molecule has 0 aromatic carbocycles. The van der Waals surface area contributed by atoms with Crippen molar-refractivity contribution in [2.24, 2.45) is 7.05 Å². The highest BCUT2D eigenvalue weighted by Gasteiger charge is 2.24. The second-order valence-electron chi connectivity index (χ2n) is 6.28. The molecule has 2 aromatic heterocycles. The Hall–Kier alpha value is -1.18. The number of hydrogen-bond acceptors (Lipinski definition) is 6. The number of hydrogen-bond donors (Lipinski definition) is 0. The van der Waals surface area contributed by atoms with E-state index in [1.165, 1.54) is 17.5 Å². The molecule has 2 aliphatic rings. The zero-order valence-electron chi connectivity index (χ0n) is 13.3. The van der Waals surface area contributed by atoms with Crippen LogP contribution in [-0.2, 0) is 11.8 Å². The molecule has 0 unspecified atom stereocenters. The predicted molar refractivity (Wildman–Crippen MR) is 88.8 cm³/mol. The number of anilines is 1. The van der Waals surface area contributed by atoms with Crippen molar-refractivity contribution in [2.45, 2.75) is 25.9 Å². The maximum Gasteiger partial charge on any atom is 0.188 e. The van der Waals surface area contributed by atoms with E-state index in [2.05, 4.69) is 21.8 Å². The zero-order valence-corrected chi connectivity index (χ0v) is 14.1. The van der Waals surface area contributed by atoms with Crippen molar-refractivity contribution in [3.8, 4) is 0 Å². The Balaban J connectivity index is 1.40.